The molecule has 17 heteroatoms. The summed E-state index contributed by atoms with van der Waals surface area (Å²) in [5, 5.41) is 11.3. The van der Waals surface area contributed by atoms with Crippen LogP contribution in [0, 0.1) is 0 Å². The number of benzene rings is 4. The van der Waals surface area contributed by atoms with Gasteiger partial charge in [0.25, 0.3) is 10.1 Å². The van der Waals surface area contributed by atoms with Crippen LogP contribution in [0.15, 0.2) is 107 Å². The quantitative estimate of drug-likeness (QED) is 0.141. The lowest BCUT2D eigenvalue weighted by Crippen LogP contribution is -2.49. The largest absolute Gasteiger partial charge is 0.396 e. The Hall–Kier alpha value is -2.27. The molecule has 0 spiro atoms. The average Bonchev–Trinajstić information content (AvgIpc) is 3.17. The van der Waals surface area contributed by atoms with Crippen LogP contribution in [0.2, 0.25) is 20.1 Å². The van der Waals surface area contributed by atoms with E-state index < -0.39 is 41.0 Å². The van der Waals surface area contributed by atoms with Gasteiger partial charge in [-0.05, 0) is 98.2 Å². The molecule has 4 aromatic rings. The van der Waals surface area contributed by atoms with Crippen molar-refractivity contribution in [2.45, 2.75) is 59.1 Å². The third-order valence-corrected chi connectivity index (χ3v) is 16.2. The summed E-state index contributed by atoms with van der Waals surface area (Å²) >= 11 is 24.5. The smallest absolute Gasteiger partial charge is 0.264 e. The Labute approximate surface area is 350 Å². The molecule has 6 rings (SSSR count). The topological polar surface area (TPSA) is 138 Å². The normalized spacial score (nSPS) is 21.2. The van der Waals surface area contributed by atoms with Gasteiger partial charge in [0.1, 0.15) is 0 Å². The second-order valence-electron chi connectivity index (χ2n) is 14.1. The van der Waals surface area contributed by atoms with E-state index in [1.54, 1.807) is 84.9 Å². The monoisotopic (exact) mass is 904 g/mol. The standard InChI is InChI=1S/C20H23Cl2NO5S2.C19H21Cl2NO3S/c1-29(24,25)28-13-11-20(16-8-9-18(21)19(22)14-16)10-5-12-23(15-20)30(26,27)17-6-3-2-4-7-17;20-17-8-7-15(13-18(17)21)19(10-12-23)9-4-11-22(14-19)26(24,25)16-5-2-1-3-6-16/h2-4,6-9,14H,5,10-13,15H2,1H3;1-3,5-8,13,23H,4,9-12,14H2. The Morgan fingerprint density at radius 1 is 0.607 bits per heavy atom. The Morgan fingerprint density at radius 3 is 1.39 bits per heavy atom. The molecule has 0 aromatic heterocycles. The summed E-state index contributed by atoms with van der Waals surface area (Å²) in [4.78, 5) is 0.510. The number of halogens is 4. The van der Waals surface area contributed by atoms with Gasteiger partial charge in [-0.25, -0.2) is 16.8 Å². The van der Waals surface area contributed by atoms with Crippen LogP contribution in [0.3, 0.4) is 0 Å². The summed E-state index contributed by atoms with van der Waals surface area (Å²) in [6, 6.07) is 27.3. The summed E-state index contributed by atoms with van der Waals surface area (Å²) in [7, 11) is -10.9. The highest BCUT2D eigenvalue weighted by atomic mass is 35.5. The molecular weight excluding hydrogens is 862 g/mol. The summed E-state index contributed by atoms with van der Waals surface area (Å²) in [5.74, 6) is 0. The van der Waals surface area contributed by atoms with Crippen LogP contribution in [0.1, 0.15) is 49.7 Å². The number of hydrogen-bond donors (Lipinski definition) is 1. The summed E-state index contributed by atoms with van der Waals surface area (Å²) < 4.78 is 83.4. The summed E-state index contributed by atoms with van der Waals surface area (Å²) in [6.45, 7) is 1.26. The number of hydrogen-bond acceptors (Lipinski definition) is 8. The predicted molar refractivity (Wildman–Crippen MR) is 222 cm³/mol. The van der Waals surface area contributed by atoms with E-state index >= 15 is 0 Å². The van der Waals surface area contributed by atoms with Crippen LogP contribution in [0.4, 0.5) is 0 Å². The maximum absolute atomic E-state index is 13.2. The first-order valence-electron chi connectivity index (χ1n) is 17.9. The van der Waals surface area contributed by atoms with E-state index in [1.165, 1.54) is 8.61 Å². The van der Waals surface area contributed by atoms with Crippen molar-refractivity contribution in [1.82, 2.24) is 8.61 Å². The van der Waals surface area contributed by atoms with Gasteiger partial charge in [0.2, 0.25) is 20.0 Å². The van der Waals surface area contributed by atoms with Crippen molar-refractivity contribution in [2.75, 3.05) is 45.6 Å². The highest BCUT2D eigenvalue weighted by molar-refractivity contribution is 7.89. The number of nitrogens with zero attached hydrogens (tertiary/aromatic N) is 2. The molecule has 2 unspecified atom stereocenters. The van der Waals surface area contributed by atoms with Crippen molar-refractivity contribution in [3.63, 3.8) is 0 Å². The second-order valence-corrected chi connectivity index (χ2v) is 21.2. The van der Waals surface area contributed by atoms with Crippen molar-refractivity contribution < 1.29 is 34.5 Å². The lowest BCUT2D eigenvalue weighted by atomic mass is 9.72. The number of rotatable bonds is 12. The summed E-state index contributed by atoms with van der Waals surface area (Å²) in [6.07, 6.45) is 4.55. The van der Waals surface area contributed by atoms with Crippen molar-refractivity contribution >= 4 is 76.6 Å². The fourth-order valence-corrected chi connectivity index (χ4v) is 11.6. The molecule has 0 saturated carbocycles. The lowest BCUT2D eigenvalue weighted by Gasteiger charge is -2.43. The van der Waals surface area contributed by atoms with Gasteiger partial charge in [-0.15, -0.1) is 0 Å². The molecule has 1 N–H and O–H groups in total. The van der Waals surface area contributed by atoms with Crippen LogP contribution < -0.4 is 0 Å². The van der Waals surface area contributed by atoms with Gasteiger partial charge in [-0.1, -0.05) is 94.9 Å². The van der Waals surface area contributed by atoms with Crippen LogP contribution in [-0.2, 0) is 45.2 Å². The molecule has 56 heavy (non-hydrogen) atoms. The van der Waals surface area contributed by atoms with Gasteiger partial charge in [-0.2, -0.15) is 17.0 Å². The van der Waals surface area contributed by atoms with Crippen molar-refractivity contribution in [2.24, 2.45) is 0 Å². The molecule has 2 atom stereocenters. The first kappa shape index (κ1) is 44.8. The number of piperidine rings is 2. The highest BCUT2D eigenvalue weighted by Gasteiger charge is 2.43. The van der Waals surface area contributed by atoms with Gasteiger partial charge >= 0.3 is 0 Å². The van der Waals surface area contributed by atoms with E-state index in [4.69, 9.17) is 50.6 Å². The van der Waals surface area contributed by atoms with Gasteiger partial charge in [0, 0.05) is 43.6 Å². The molecule has 2 saturated heterocycles. The van der Waals surface area contributed by atoms with Crippen LogP contribution in [-0.4, -0.2) is 84.6 Å². The van der Waals surface area contributed by atoms with Crippen molar-refractivity contribution in [1.29, 1.82) is 0 Å². The van der Waals surface area contributed by atoms with E-state index in [1.807, 2.05) is 12.1 Å². The molecule has 10 nitrogen and oxygen atoms in total. The zero-order valence-corrected chi connectivity index (χ0v) is 36.1. The first-order chi connectivity index (χ1) is 26.4. The molecule has 0 bridgehead atoms. The van der Waals surface area contributed by atoms with Gasteiger partial charge in [-0.3, -0.25) is 4.18 Å². The molecule has 0 amide bonds. The Morgan fingerprint density at radius 2 is 1.02 bits per heavy atom. The fraction of sp³-hybridized carbons (Fsp3) is 0.385. The molecule has 0 radical (unpaired) electrons. The van der Waals surface area contributed by atoms with Gasteiger partial charge in [0.05, 0.1) is 42.7 Å². The van der Waals surface area contributed by atoms with Gasteiger partial charge < -0.3 is 5.11 Å². The molecule has 2 aliphatic rings. The van der Waals surface area contributed by atoms with Crippen LogP contribution in [0.25, 0.3) is 0 Å². The second kappa shape index (κ2) is 18.8. The molecule has 2 aliphatic heterocycles. The maximum Gasteiger partial charge on any atom is 0.264 e. The minimum atomic E-state index is -3.70. The van der Waals surface area contributed by atoms with E-state index in [9.17, 15) is 30.4 Å². The van der Waals surface area contributed by atoms with E-state index in [0.29, 0.717) is 71.8 Å². The Bertz CT molecular complexity index is 2300. The van der Waals surface area contributed by atoms with Crippen molar-refractivity contribution in [3.8, 4) is 0 Å². The Balaban J connectivity index is 0.000000216. The number of aliphatic hydroxyl groups is 1. The SMILES string of the molecule is CS(=O)(=O)OCCC1(c2ccc(Cl)c(Cl)c2)CCCN(S(=O)(=O)c2ccccc2)C1.O=S(=O)(c1ccccc1)N1CCCC(CCO)(c2ccc(Cl)c(Cl)c2)C1. The number of aliphatic hydroxyl groups excluding tert-OH is 1. The molecular formula is C39H44Cl4N2O8S3. The predicted octanol–water partition coefficient (Wildman–Crippen LogP) is 8.18. The first-order valence-corrected chi connectivity index (χ1v) is 24.1. The summed E-state index contributed by atoms with van der Waals surface area (Å²) in [5.41, 5.74) is 0.582. The van der Waals surface area contributed by atoms with Crippen LogP contribution >= 0.6 is 46.4 Å². The average molecular weight is 907 g/mol. The Kier molecular flexibility index (Phi) is 15.0. The van der Waals surface area contributed by atoms with Crippen molar-refractivity contribution in [3.05, 3.63) is 128 Å². The third kappa shape index (κ3) is 10.7. The molecule has 2 fully saturated rings. The maximum atomic E-state index is 13.2. The zero-order valence-electron chi connectivity index (χ0n) is 30.7. The molecule has 0 aliphatic carbocycles. The minimum absolute atomic E-state index is 0.0283. The highest BCUT2D eigenvalue weighted by Crippen LogP contribution is 2.42. The molecule has 2 heterocycles. The fourth-order valence-electron chi connectivity index (χ4n) is 7.49. The van der Waals surface area contributed by atoms with E-state index in [0.717, 1.165) is 23.8 Å². The van der Waals surface area contributed by atoms with E-state index in [2.05, 4.69) is 0 Å². The molecule has 304 valence electrons. The third-order valence-electron chi connectivity index (χ3n) is 10.4. The van der Waals surface area contributed by atoms with E-state index in [-0.39, 0.29) is 29.5 Å². The minimum Gasteiger partial charge on any atom is -0.396 e. The lowest BCUT2D eigenvalue weighted by molar-refractivity contribution is 0.169. The molecule has 4 aromatic carbocycles. The van der Waals surface area contributed by atoms with Gasteiger partial charge in [0.15, 0.2) is 0 Å². The number of sulfonamides is 2. The van der Waals surface area contributed by atoms with Crippen LogP contribution in [0.5, 0.6) is 0 Å². The zero-order chi connectivity index (χ0) is 40.8.